The third-order valence-electron chi connectivity index (χ3n) is 3.48. The van der Waals surface area contributed by atoms with Gasteiger partial charge in [-0.15, -0.1) is 0 Å². The zero-order valence-electron chi connectivity index (χ0n) is 13.5. The molecule has 1 N–H and O–H groups in total. The summed E-state index contributed by atoms with van der Waals surface area (Å²) in [5, 5.41) is 9.17. The van der Waals surface area contributed by atoms with Crippen LogP contribution in [0.4, 0.5) is 0 Å². The first-order valence-electron chi connectivity index (χ1n) is 7.75. The molecule has 0 amide bonds. The molecule has 0 heterocycles. The van der Waals surface area contributed by atoms with Crippen LogP contribution in [0.15, 0.2) is 54.6 Å². The molecule has 0 aliphatic carbocycles. The van der Waals surface area contributed by atoms with E-state index in [4.69, 9.17) is 9.47 Å². The van der Waals surface area contributed by atoms with E-state index in [1.165, 1.54) is 0 Å². The third-order valence-corrected chi connectivity index (χ3v) is 3.48. The lowest BCUT2D eigenvalue weighted by atomic mass is 9.99. The summed E-state index contributed by atoms with van der Waals surface area (Å²) in [6, 6.07) is 16.8. The van der Waals surface area contributed by atoms with Gasteiger partial charge >= 0.3 is 11.9 Å². The number of carbonyl (C=O) groups is 2. The van der Waals surface area contributed by atoms with Crippen LogP contribution in [0.5, 0.6) is 5.75 Å². The predicted octanol–water partition coefficient (Wildman–Crippen LogP) is 3.07. The molecule has 0 saturated heterocycles. The van der Waals surface area contributed by atoms with Crippen LogP contribution in [0.1, 0.15) is 18.1 Å². The van der Waals surface area contributed by atoms with Gasteiger partial charge in [0.05, 0.1) is 6.61 Å². The molecule has 0 aliphatic rings. The van der Waals surface area contributed by atoms with E-state index in [0.717, 1.165) is 11.1 Å². The zero-order chi connectivity index (χ0) is 17.4. The summed E-state index contributed by atoms with van der Waals surface area (Å²) in [5.74, 6) is -2.40. The Labute approximate surface area is 140 Å². The molecule has 0 bridgehead atoms. The summed E-state index contributed by atoms with van der Waals surface area (Å²) < 4.78 is 10.5. The Morgan fingerprint density at radius 2 is 1.67 bits per heavy atom. The Hall–Kier alpha value is -2.82. The van der Waals surface area contributed by atoms with E-state index in [1.807, 2.05) is 30.3 Å². The molecule has 5 heteroatoms. The number of carboxylic acid groups (broad SMARTS) is 1. The van der Waals surface area contributed by atoms with Crippen molar-refractivity contribution in [2.45, 2.75) is 20.0 Å². The number of carboxylic acids is 1. The fraction of sp³-hybridized carbons (Fsp3) is 0.263. The van der Waals surface area contributed by atoms with Gasteiger partial charge in [-0.3, -0.25) is 9.59 Å². The van der Waals surface area contributed by atoms with Crippen LogP contribution in [0.3, 0.4) is 0 Å². The van der Waals surface area contributed by atoms with Gasteiger partial charge in [0.1, 0.15) is 12.4 Å². The highest BCUT2D eigenvalue weighted by Crippen LogP contribution is 2.17. The first kappa shape index (κ1) is 17.5. The van der Waals surface area contributed by atoms with Crippen molar-refractivity contribution in [3.05, 3.63) is 65.7 Å². The summed E-state index contributed by atoms with van der Waals surface area (Å²) in [7, 11) is 0. The molecule has 0 aromatic heterocycles. The molecule has 126 valence electrons. The van der Waals surface area contributed by atoms with E-state index in [9.17, 15) is 14.7 Å². The fourth-order valence-corrected chi connectivity index (χ4v) is 2.21. The summed E-state index contributed by atoms with van der Waals surface area (Å²) in [6.45, 7) is 2.27. The average molecular weight is 328 g/mol. The van der Waals surface area contributed by atoms with Gasteiger partial charge in [-0.1, -0.05) is 42.5 Å². The lowest BCUT2D eigenvalue weighted by molar-refractivity contribution is -0.158. The van der Waals surface area contributed by atoms with Crippen LogP contribution >= 0.6 is 0 Å². The van der Waals surface area contributed by atoms with Gasteiger partial charge in [-0.05, 0) is 36.6 Å². The molecule has 2 rings (SSSR count). The zero-order valence-corrected chi connectivity index (χ0v) is 13.5. The Kier molecular flexibility index (Phi) is 6.37. The van der Waals surface area contributed by atoms with Gasteiger partial charge in [0.2, 0.25) is 0 Å². The van der Waals surface area contributed by atoms with Crippen molar-refractivity contribution in [3.8, 4) is 5.75 Å². The summed E-state index contributed by atoms with van der Waals surface area (Å²) in [5.41, 5.74) is 1.80. The van der Waals surface area contributed by atoms with Crippen LogP contribution in [0, 0.1) is 5.92 Å². The highest BCUT2D eigenvalue weighted by Gasteiger charge is 2.27. The molecule has 24 heavy (non-hydrogen) atoms. The highest BCUT2D eigenvalue weighted by atomic mass is 16.5. The van der Waals surface area contributed by atoms with Crippen molar-refractivity contribution >= 4 is 11.9 Å². The highest BCUT2D eigenvalue weighted by molar-refractivity contribution is 5.94. The molecular weight excluding hydrogens is 308 g/mol. The van der Waals surface area contributed by atoms with Crippen LogP contribution < -0.4 is 4.74 Å². The van der Waals surface area contributed by atoms with E-state index in [-0.39, 0.29) is 13.0 Å². The topological polar surface area (TPSA) is 72.8 Å². The second kappa shape index (κ2) is 8.72. The number of carbonyl (C=O) groups excluding carboxylic acids is 1. The van der Waals surface area contributed by atoms with Gasteiger partial charge in [-0.25, -0.2) is 0 Å². The standard InChI is InChI=1S/C19H20O5/c1-2-23-19(22)17(18(20)21)12-14-8-10-16(11-9-14)24-13-15-6-4-3-5-7-15/h3-11,17H,2,12-13H2,1H3,(H,20,21). The van der Waals surface area contributed by atoms with Gasteiger partial charge < -0.3 is 14.6 Å². The first-order valence-corrected chi connectivity index (χ1v) is 7.75. The molecule has 0 aliphatic heterocycles. The maximum Gasteiger partial charge on any atom is 0.320 e. The van der Waals surface area contributed by atoms with Gasteiger partial charge in [0, 0.05) is 0 Å². The van der Waals surface area contributed by atoms with Crippen LogP contribution in [-0.4, -0.2) is 23.7 Å². The van der Waals surface area contributed by atoms with Crippen molar-refractivity contribution in [1.82, 2.24) is 0 Å². The summed E-state index contributed by atoms with van der Waals surface area (Å²) in [4.78, 5) is 22.9. The molecule has 1 atom stereocenters. The van der Waals surface area contributed by atoms with Crippen LogP contribution in [-0.2, 0) is 27.4 Å². The van der Waals surface area contributed by atoms with Crippen molar-refractivity contribution < 1.29 is 24.2 Å². The second-order valence-electron chi connectivity index (χ2n) is 5.27. The maximum atomic E-state index is 11.7. The molecule has 2 aromatic rings. The molecule has 5 nitrogen and oxygen atoms in total. The number of rotatable bonds is 8. The average Bonchev–Trinajstić information content (AvgIpc) is 2.59. The molecule has 0 saturated carbocycles. The molecule has 0 spiro atoms. The largest absolute Gasteiger partial charge is 0.489 e. The molecule has 2 aromatic carbocycles. The van der Waals surface area contributed by atoms with Crippen LogP contribution in [0.25, 0.3) is 0 Å². The smallest absolute Gasteiger partial charge is 0.320 e. The maximum absolute atomic E-state index is 11.7. The van der Waals surface area contributed by atoms with E-state index < -0.39 is 17.9 Å². The Morgan fingerprint density at radius 3 is 2.25 bits per heavy atom. The van der Waals surface area contributed by atoms with E-state index in [1.54, 1.807) is 31.2 Å². The molecule has 0 fully saturated rings. The minimum absolute atomic E-state index is 0.0904. The lowest BCUT2D eigenvalue weighted by Gasteiger charge is -2.12. The van der Waals surface area contributed by atoms with Gasteiger partial charge in [0.15, 0.2) is 5.92 Å². The predicted molar refractivity (Wildman–Crippen MR) is 88.7 cm³/mol. The molecule has 0 radical (unpaired) electrons. The lowest BCUT2D eigenvalue weighted by Crippen LogP contribution is -2.27. The van der Waals surface area contributed by atoms with Crippen molar-refractivity contribution in [2.75, 3.05) is 6.61 Å². The molecule has 1 unspecified atom stereocenters. The Bertz CT molecular complexity index is 664. The number of ether oxygens (including phenoxy) is 2. The Balaban J connectivity index is 1.95. The Morgan fingerprint density at radius 1 is 1.00 bits per heavy atom. The minimum atomic E-state index is -1.19. The summed E-state index contributed by atoms with van der Waals surface area (Å²) >= 11 is 0. The van der Waals surface area contributed by atoms with Crippen molar-refractivity contribution in [3.63, 3.8) is 0 Å². The van der Waals surface area contributed by atoms with Crippen molar-refractivity contribution in [1.29, 1.82) is 0 Å². The van der Waals surface area contributed by atoms with E-state index >= 15 is 0 Å². The van der Waals surface area contributed by atoms with Gasteiger partial charge in [-0.2, -0.15) is 0 Å². The number of esters is 1. The number of hydrogen-bond acceptors (Lipinski definition) is 4. The third kappa shape index (κ3) is 5.12. The monoisotopic (exact) mass is 328 g/mol. The second-order valence-corrected chi connectivity index (χ2v) is 5.27. The minimum Gasteiger partial charge on any atom is -0.489 e. The summed E-state index contributed by atoms with van der Waals surface area (Å²) in [6.07, 6.45) is 0.0904. The van der Waals surface area contributed by atoms with E-state index in [0.29, 0.717) is 12.4 Å². The number of aliphatic carboxylic acids is 1. The molecular formula is C19H20O5. The van der Waals surface area contributed by atoms with Gasteiger partial charge in [0.25, 0.3) is 0 Å². The van der Waals surface area contributed by atoms with E-state index in [2.05, 4.69) is 0 Å². The number of benzene rings is 2. The normalized spacial score (nSPS) is 11.5. The van der Waals surface area contributed by atoms with Crippen molar-refractivity contribution in [2.24, 2.45) is 5.92 Å². The quantitative estimate of drug-likeness (QED) is 0.595. The fourth-order valence-electron chi connectivity index (χ4n) is 2.21. The number of hydrogen-bond donors (Lipinski definition) is 1. The van der Waals surface area contributed by atoms with Crippen LogP contribution in [0.2, 0.25) is 0 Å². The first-order chi connectivity index (χ1) is 11.6. The SMILES string of the molecule is CCOC(=O)C(Cc1ccc(OCc2ccccc2)cc1)C(=O)O.